The first kappa shape index (κ1) is 20.0. The Balaban J connectivity index is 1.58. The van der Waals surface area contributed by atoms with Crippen LogP contribution in [0, 0.1) is 0 Å². The SMILES string of the molecule is COc1ccc(C(C)=O)cc1CC(=O)N1CCN(Cc2ccc(Br)s2)CC1. The summed E-state index contributed by atoms with van der Waals surface area (Å²) in [6, 6.07) is 9.47. The van der Waals surface area contributed by atoms with Gasteiger partial charge in [0.2, 0.25) is 5.91 Å². The van der Waals surface area contributed by atoms with E-state index < -0.39 is 0 Å². The number of hydrogen-bond acceptors (Lipinski definition) is 5. The van der Waals surface area contributed by atoms with E-state index in [2.05, 4.69) is 33.0 Å². The Labute approximate surface area is 172 Å². The maximum Gasteiger partial charge on any atom is 0.227 e. The summed E-state index contributed by atoms with van der Waals surface area (Å²) in [5, 5.41) is 0. The summed E-state index contributed by atoms with van der Waals surface area (Å²) in [6.07, 6.45) is 0.252. The number of carbonyl (C=O) groups is 2. The number of nitrogens with zero attached hydrogens (tertiary/aromatic N) is 2. The highest BCUT2D eigenvalue weighted by Crippen LogP contribution is 2.24. The molecule has 0 N–H and O–H groups in total. The van der Waals surface area contributed by atoms with Gasteiger partial charge >= 0.3 is 0 Å². The van der Waals surface area contributed by atoms with Crippen molar-refractivity contribution in [2.45, 2.75) is 19.9 Å². The van der Waals surface area contributed by atoms with Gasteiger partial charge in [-0.25, -0.2) is 0 Å². The molecule has 0 bridgehead atoms. The van der Waals surface area contributed by atoms with E-state index in [1.54, 1.807) is 36.6 Å². The number of hydrogen-bond donors (Lipinski definition) is 0. The molecule has 27 heavy (non-hydrogen) atoms. The molecule has 0 spiro atoms. The van der Waals surface area contributed by atoms with Crippen molar-refractivity contribution in [3.8, 4) is 5.75 Å². The minimum atomic E-state index is -0.0137. The Kier molecular flexibility index (Phi) is 6.68. The molecule has 1 saturated heterocycles. The van der Waals surface area contributed by atoms with E-state index in [4.69, 9.17) is 4.74 Å². The molecule has 0 radical (unpaired) electrons. The molecule has 0 atom stereocenters. The first-order chi connectivity index (χ1) is 13.0. The Morgan fingerprint density at radius 2 is 1.89 bits per heavy atom. The van der Waals surface area contributed by atoms with E-state index in [1.807, 2.05) is 4.90 Å². The topological polar surface area (TPSA) is 49.9 Å². The molecule has 0 aliphatic carbocycles. The highest BCUT2D eigenvalue weighted by Gasteiger charge is 2.22. The predicted octanol–water partition coefficient (Wildman–Crippen LogP) is 3.61. The van der Waals surface area contributed by atoms with Crippen LogP contribution in [0.15, 0.2) is 34.1 Å². The molecule has 144 valence electrons. The summed E-state index contributed by atoms with van der Waals surface area (Å²) >= 11 is 5.25. The zero-order valence-corrected chi connectivity index (χ0v) is 17.9. The number of thiophene rings is 1. The van der Waals surface area contributed by atoms with Crippen molar-refractivity contribution in [3.05, 3.63) is 50.1 Å². The number of rotatable bonds is 6. The summed E-state index contributed by atoms with van der Waals surface area (Å²) in [7, 11) is 1.58. The molecule has 1 amide bonds. The molecule has 2 aromatic rings. The maximum absolute atomic E-state index is 12.7. The summed E-state index contributed by atoms with van der Waals surface area (Å²) in [5.74, 6) is 0.711. The van der Waals surface area contributed by atoms with Crippen molar-refractivity contribution < 1.29 is 14.3 Å². The third kappa shape index (κ3) is 5.18. The van der Waals surface area contributed by atoms with Gasteiger partial charge in [0.05, 0.1) is 17.3 Å². The number of ether oxygens (including phenoxy) is 1. The van der Waals surface area contributed by atoms with Crippen LogP contribution >= 0.6 is 27.3 Å². The predicted molar refractivity (Wildman–Crippen MR) is 111 cm³/mol. The largest absolute Gasteiger partial charge is 0.496 e. The minimum Gasteiger partial charge on any atom is -0.496 e. The fourth-order valence-corrected chi connectivity index (χ4v) is 4.75. The van der Waals surface area contributed by atoms with Crippen molar-refractivity contribution in [2.24, 2.45) is 0 Å². The van der Waals surface area contributed by atoms with Crippen LogP contribution in [0.1, 0.15) is 27.7 Å². The smallest absolute Gasteiger partial charge is 0.227 e. The van der Waals surface area contributed by atoms with Crippen LogP contribution in [0.3, 0.4) is 0 Å². The van der Waals surface area contributed by atoms with Crippen molar-refractivity contribution >= 4 is 39.0 Å². The van der Waals surface area contributed by atoms with E-state index in [-0.39, 0.29) is 18.1 Å². The lowest BCUT2D eigenvalue weighted by molar-refractivity contribution is -0.132. The molecule has 1 aromatic carbocycles. The Hall–Kier alpha value is -1.70. The fraction of sp³-hybridized carbons (Fsp3) is 0.400. The summed E-state index contributed by atoms with van der Waals surface area (Å²) in [5.41, 5.74) is 1.37. The standard InChI is InChI=1S/C20H23BrN2O3S/c1-14(24)15-3-5-18(26-2)16(11-15)12-20(25)23-9-7-22(8-10-23)13-17-4-6-19(21)27-17/h3-6,11H,7-10,12-13H2,1-2H3. The summed E-state index contributed by atoms with van der Waals surface area (Å²) < 4.78 is 6.51. The number of methoxy groups -OCH3 is 1. The number of piperazine rings is 1. The second-order valence-corrected chi connectivity index (χ2v) is 9.17. The van der Waals surface area contributed by atoms with Crippen LogP contribution in [0.2, 0.25) is 0 Å². The summed E-state index contributed by atoms with van der Waals surface area (Å²) in [6.45, 7) is 5.63. The Morgan fingerprint density at radius 3 is 2.48 bits per heavy atom. The molecule has 1 fully saturated rings. The lowest BCUT2D eigenvalue weighted by Crippen LogP contribution is -2.48. The number of ketones is 1. The first-order valence-electron chi connectivity index (χ1n) is 8.88. The average molecular weight is 451 g/mol. The van der Waals surface area contributed by atoms with Crippen LogP contribution in [0.5, 0.6) is 5.75 Å². The van der Waals surface area contributed by atoms with Crippen LogP contribution in [0.25, 0.3) is 0 Å². The highest BCUT2D eigenvalue weighted by atomic mass is 79.9. The normalized spacial score (nSPS) is 15.0. The first-order valence-corrected chi connectivity index (χ1v) is 10.5. The monoisotopic (exact) mass is 450 g/mol. The molecule has 5 nitrogen and oxygen atoms in total. The third-order valence-corrected chi connectivity index (χ3v) is 6.37. The highest BCUT2D eigenvalue weighted by molar-refractivity contribution is 9.11. The van der Waals surface area contributed by atoms with Crippen LogP contribution in [0.4, 0.5) is 0 Å². The Morgan fingerprint density at radius 1 is 1.15 bits per heavy atom. The molecule has 3 rings (SSSR count). The van der Waals surface area contributed by atoms with Gasteiger partial charge in [-0.2, -0.15) is 0 Å². The second-order valence-electron chi connectivity index (χ2n) is 6.62. The zero-order chi connectivity index (χ0) is 19.4. The van der Waals surface area contributed by atoms with E-state index in [1.165, 1.54) is 11.8 Å². The molecule has 7 heteroatoms. The molecule has 2 heterocycles. The van der Waals surface area contributed by atoms with Gasteiger partial charge in [-0.05, 0) is 53.2 Å². The second kappa shape index (κ2) is 8.99. The van der Waals surface area contributed by atoms with Gasteiger partial charge in [0.15, 0.2) is 5.78 Å². The van der Waals surface area contributed by atoms with Gasteiger partial charge in [0, 0.05) is 48.7 Å². The third-order valence-electron chi connectivity index (χ3n) is 4.76. The lowest BCUT2D eigenvalue weighted by atomic mass is 10.0. The molecular formula is C20H23BrN2O3S. The average Bonchev–Trinajstić information content (AvgIpc) is 3.06. The number of halogens is 1. The molecule has 0 unspecified atom stereocenters. The van der Waals surface area contributed by atoms with Gasteiger partial charge in [0.25, 0.3) is 0 Å². The molecule has 1 aromatic heterocycles. The molecule has 0 saturated carbocycles. The lowest BCUT2D eigenvalue weighted by Gasteiger charge is -2.34. The van der Waals surface area contributed by atoms with Gasteiger partial charge < -0.3 is 9.64 Å². The molecule has 1 aliphatic heterocycles. The van der Waals surface area contributed by atoms with Crippen molar-refractivity contribution in [1.82, 2.24) is 9.80 Å². The van der Waals surface area contributed by atoms with Crippen LogP contribution in [-0.4, -0.2) is 54.8 Å². The molecular weight excluding hydrogens is 428 g/mol. The fourth-order valence-electron chi connectivity index (χ4n) is 3.22. The van der Waals surface area contributed by atoms with E-state index in [0.29, 0.717) is 11.3 Å². The molecule has 1 aliphatic rings. The van der Waals surface area contributed by atoms with E-state index >= 15 is 0 Å². The summed E-state index contributed by atoms with van der Waals surface area (Å²) in [4.78, 5) is 30.0. The van der Waals surface area contributed by atoms with Gasteiger partial charge in [-0.15, -0.1) is 11.3 Å². The van der Waals surface area contributed by atoms with E-state index in [0.717, 1.165) is 42.1 Å². The van der Waals surface area contributed by atoms with Crippen LogP contribution < -0.4 is 4.74 Å². The number of Topliss-reactive ketones (excluding diaryl/α,β-unsaturated/α-hetero) is 1. The van der Waals surface area contributed by atoms with Crippen LogP contribution in [-0.2, 0) is 17.8 Å². The van der Waals surface area contributed by atoms with Crippen molar-refractivity contribution in [2.75, 3.05) is 33.3 Å². The maximum atomic E-state index is 12.7. The number of benzene rings is 1. The minimum absolute atomic E-state index is 0.0137. The van der Waals surface area contributed by atoms with Crippen molar-refractivity contribution in [3.63, 3.8) is 0 Å². The van der Waals surface area contributed by atoms with Gasteiger partial charge in [0.1, 0.15) is 5.75 Å². The Bertz CT molecular complexity index is 828. The van der Waals surface area contributed by atoms with E-state index in [9.17, 15) is 9.59 Å². The van der Waals surface area contributed by atoms with Crippen molar-refractivity contribution in [1.29, 1.82) is 0 Å². The number of amides is 1. The van der Waals surface area contributed by atoms with Gasteiger partial charge in [-0.1, -0.05) is 0 Å². The zero-order valence-electron chi connectivity index (χ0n) is 15.5. The quantitative estimate of drug-likeness (QED) is 0.630. The number of carbonyl (C=O) groups excluding carboxylic acids is 2. The van der Waals surface area contributed by atoms with Gasteiger partial charge in [-0.3, -0.25) is 14.5 Å².